The summed E-state index contributed by atoms with van der Waals surface area (Å²) in [7, 11) is 1.61. The number of amides is 2. The molecule has 2 aliphatic heterocycles. The fraction of sp³-hybridized carbons (Fsp3) is 0.500. The number of halogens is 1. The van der Waals surface area contributed by atoms with Gasteiger partial charge in [-0.1, -0.05) is 12.1 Å². The van der Waals surface area contributed by atoms with Crippen LogP contribution in [0.25, 0.3) is 0 Å². The summed E-state index contributed by atoms with van der Waals surface area (Å²) in [4.78, 5) is 39.3. The van der Waals surface area contributed by atoms with E-state index in [4.69, 9.17) is 5.11 Å². The number of carboxylic acids is 1. The molecule has 7 nitrogen and oxygen atoms in total. The fourth-order valence-electron chi connectivity index (χ4n) is 3.75. The van der Waals surface area contributed by atoms with Crippen molar-refractivity contribution >= 4 is 17.8 Å². The quantitative estimate of drug-likeness (QED) is 0.826. The number of rotatable bonds is 3. The van der Waals surface area contributed by atoms with E-state index in [1.807, 2.05) is 0 Å². The molecule has 2 aliphatic rings. The van der Waals surface area contributed by atoms with Gasteiger partial charge in [0.05, 0.1) is 12.0 Å². The zero-order chi connectivity index (χ0) is 19.1. The molecule has 0 bridgehead atoms. The molecule has 8 heteroatoms. The summed E-state index contributed by atoms with van der Waals surface area (Å²) in [6.07, 6.45) is -0.0470. The molecule has 2 unspecified atom stereocenters. The number of carbonyl (C=O) groups excluding carboxylic acids is 2. The van der Waals surface area contributed by atoms with Gasteiger partial charge in [0.15, 0.2) is 5.60 Å². The zero-order valence-electron chi connectivity index (χ0n) is 14.4. The van der Waals surface area contributed by atoms with Crippen molar-refractivity contribution in [3.63, 3.8) is 0 Å². The number of hydrogen-bond donors (Lipinski definition) is 2. The number of aliphatic hydroxyl groups is 1. The summed E-state index contributed by atoms with van der Waals surface area (Å²) in [5, 5.41) is 19.1. The van der Waals surface area contributed by atoms with E-state index in [1.165, 1.54) is 21.9 Å². The monoisotopic (exact) mass is 364 g/mol. The Morgan fingerprint density at radius 1 is 1.19 bits per heavy atom. The Hall–Kier alpha value is -2.48. The first-order valence-corrected chi connectivity index (χ1v) is 8.48. The molecule has 2 atom stereocenters. The van der Waals surface area contributed by atoms with Crippen LogP contribution in [0.3, 0.4) is 0 Å². The van der Waals surface area contributed by atoms with E-state index in [-0.39, 0.29) is 44.2 Å². The van der Waals surface area contributed by atoms with Crippen molar-refractivity contribution in [3.05, 3.63) is 35.6 Å². The number of nitrogens with zero attached hydrogens (tertiary/aromatic N) is 2. The predicted molar refractivity (Wildman–Crippen MR) is 88.4 cm³/mol. The molecule has 0 aromatic heterocycles. The molecule has 2 fully saturated rings. The van der Waals surface area contributed by atoms with Gasteiger partial charge in [0, 0.05) is 39.4 Å². The van der Waals surface area contributed by atoms with Gasteiger partial charge in [-0.05, 0) is 17.7 Å². The summed E-state index contributed by atoms with van der Waals surface area (Å²) in [5.74, 6) is -2.72. The molecular weight excluding hydrogens is 343 g/mol. The SMILES string of the molecule is CN1C(=O)CC(C(=O)N2CCC(O)(C(=O)O)CC2)C1c1ccc(F)cc1. The van der Waals surface area contributed by atoms with Crippen molar-refractivity contribution in [3.8, 4) is 0 Å². The average molecular weight is 364 g/mol. The Morgan fingerprint density at radius 2 is 1.77 bits per heavy atom. The number of likely N-dealkylation sites (tertiary alicyclic amines) is 2. The minimum absolute atomic E-state index is 0.0498. The van der Waals surface area contributed by atoms with Crippen LogP contribution in [0.1, 0.15) is 30.9 Å². The van der Waals surface area contributed by atoms with Gasteiger partial charge < -0.3 is 20.0 Å². The van der Waals surface area contributed by atoms with E-state index in [2.05, 4.69) is 0 Å². The average Bonchev–Trinajstić information content (AvgIpc) is 2.91. The minimum atomic E-state index is -1.81. The standard InChI is InChI=1S/C18H21FN2O5/c1-20-14(22)10-13(15(20)11-2-4-12(19)5-3-11)16(23)21-8-6-18(26,7-9-21)17(24)25/h2-5,13,15,26H,6-10H2,1H3,(H,24,25). The maximum absolute atomic E-state index is 13.2. The van der Waals surface area contributed by atoms with E-state index in [1.54, 1.807) is 19.2 Å². The van der Waals surface area contributed by atoms with Crippen LogP contribution in [0.5, 0.6) is 0 Å². The zero-order valence-corrected chi connectivity index (χ0v) is 14.4. The third kappa shape index (κ3) is 3.16. The number of benzene rings is 1. The second-order valence-electron chi connectivity index (χ2n) is 6.97. The second-order valence-corrected chi connectivity index (χ2v) is 6.97. The lowest BCUT2D eigenvalue weighted by molar-refractivity contribution is -0.166. The topological polar surface area (TPSA) is 98.2 Å². The van der Waals surface area contributed by atoms with Gasteiger partial charge in [0.25, 0.3) is 0 Å². The highest BCUT2D eigenvalue weighted by Crippen LogP contribution is 2.39. The molecule has 140 valence electrons. The van der Waals surface area contributed by atoms with E-state index < -0.39 is 29.3 Å². The predicted octanol–water partition coefficient (Wildman–Crippen LogP) is 0.783. The van der Waals surface area contributed by atoms with Gasteiger partial charge in [-0.15, -0.1) is 0 Å². The summed E-state index contributed by atoms with van der Waals surface area (Å²) >= 11 is 0. The lowest BCUT2D eigenvalue weighted by atomic mass is 9.88. The molecule has 3 rings (SSSR count). The summed E-state index contributed by atoms with van der Waals surface area (Å²) in [6.45, 7) is 0.234. The van der Waals surface area contributed by atoms with Crippen molar-refractivity contribution in [1.29, 1.82) is 0 Å². The number of piperidine rings is 1. The van der Waals surface area contributed by atoms with E-state index in [0.29, 0.717) is 5.56 Å². The normalized spacial score (nSPS) is 25.4. The summed E-state index contributed by atoms with van der Waals surface area (Å²) < 4.78 is 13.2. The van der Waals surface area contributed by atoms with Crippen molar-refractivity contribution < 1.29 is 29.0 Å². The van der Waals surface area contributed by atoms with Crippen LogP contribution in [-0.2, 0) is 14.4 Å². The van der Waals surface area contributed by atoms with Gasteiger partial charge in [-0.2, -0.15) is 0 Å². The van der Waals surface area contributed by atoms with Crippen LogP contribution >= 0.6 is 0 Å². The highest BCUT2D eigenvalue weighted by atomic mass is 19.1. The van der Waals surface area contributed by atoms with Crippen LogP contribution in [0, 0.1) is 11.7 Å². The van der Waals surface area contributed by atoms with Crippen molar-refractivity contribution in [1.82, 2.24) is 9.80 Å². The van der Waals surface area contributed by atoms with Gasteiger partial charge in [-0.3, -0.25) is 9.59 Å². The fourth-order valence-corrected chi connectivity index (χ4v) is 3.75. The first-order valence-electron chi connectivity index (χ1n) is 8.48. The van der Waals surface area contributed by atoms with Crippen LogP contribution in [0.15, 0.2) is 24.3 Å². The maximum Gasteiger partial charge on any atom is 0.335 e. The molecule has 0 spiro atoms. The second kappa shape index (κ2) is 6.68. The minimum Gasteiger partial charge on any atom is -0.479 e. The molecule has 2 N–H and O–H groups in total. The molecule has 2 saturated heterocycles. The van der Waals surface area contributed by atoms with E-state index in [0.717, 1.165) is 0 Å². The lowest BCUT2D eigenvalue weighted by Gasteiger charge is -2.37. The Kier molecular flexibility index (Phi) is 4.70. The van der Waals surface area contributed by atoms with Crippen molar-refractivity contribution in [2.45, 2.75) is 30.9 Å². The molecule has 1 aromatic rings. The largest absolute Gasteiger partial charge is 0.479 e. The number of carboxylic acid groups (broad SMARTS) is 1. The Bertz CT molecular complexity index is 728. The third-order valence-electron chi connectivity index (χ3n) is 5.42. The van der Waals surface area contributed by atoms with Gasteiger partial charge in [0.1, 0.15) is 5.82 Å². The molecule has 2 heterocycles. The molecule has 26 heavy (non-hydrogen) atoms. The highest BCUT2D eigenvalue weighted by molar-refractivity contribution is 5.90. The summed E-state index contributed by atoms with van der Waals surface area (Å²) in [6, 6.07) is 5.22. The highest BCUT2D eigenvalue weighted by Gasteiger charge is 2.46. The maximum atomic E-state index is 13.2. The third-order valence-corrected chi connectivity index (χ3v) is 5.42. The summed E-state index contributed by atoms with van der Waals surface area (Å²) in [5.41, 5.74) is -1.13. The van der Waals surface area contributed by atoms with Crippen LogP contribution in [-0.4, -0.2) is 63.5 Å². The van der Waals surface area contributed by atoms with Crippen molar-refractivity contribution in [2.75, 3.05) is 20.1 Å². The molecule has 1 aromatic carbocycles. The lowest BCUT2D eigenvalue weighted by Crippen LogP contribution is -2.52. The molecule has 2 amide bonds. The smallest absolute Gasteiger partial charge is 0.335 e. The Labute approximate surface area is 150 Å². The van der Waals surface area contributed by atoms with Gasteiger partial charge >= 0.3 is 5.97 Å². The molecule has 0 saturated carbocycles. The number of hydrogen-bond acceptors (Lipinski definition) is 4. The first-order chi connectivity index (χ1) is 12.2. The Morgan fingerprint density at radius 3 is 2.31 bits per heavy atom. The van der Waals surface area contributed by atoms with E-state index in [9.17, 15) is 23.9 Å². The van der Waals surface area contributed by atoms with Gasteiger partial charge in [0.2, 0.25) is 11.8 Å². The van der Waals surface area contributed by atoms with Crippen LogP contribution in [0.4, 0.5) is 4.39 Å². The first kappa shape index (κ1) is 18.3. The number of aliphatic carboxylic acids is 1. The van der Waals surface area contributed by atoms with Crippen LogP contribution in [0.2, 0.25) is 0 Å². The Balaban J connectivity index is 1.78. The van der Waals surface area contributed by atoms with Crippen LogP contribution < -0.4 is 0 Å². The van der Waals surface area contributed by atoms with Crippen molar-refractivity contribution in [2.24, 2.45) is 5.92 Å². The van der Waals surface area contributed by atoms with E-state index >= 15 is 0 Å². The number of carbonyl (C=O) groups is 3. The molecule has 0 aliphatic carbocycles. The van der Waals surface area contributed by atoms with Gasteiger partial charge in [-0.25, -0.2) is 9.18 Å². The molecule has 0 radical (unpaired) electrons. The molecular formula is C18H21FN2O5.